The van der Waals surface area contributed by atoms with Gasteiger partial charge < -0.3 is 5.11 Å². The normalized spacial score (nSPS) is 8.57. The molecule has 0 aliphatic carbocycles. The first-order valence-electron chi connectivity index (χ1n) is 1.98. The van der Waals surface area contributed by atoms with Crippen molar-refractivity contribution >= 4 is 24.7 Å². The minimum atomic E-state index is -0.714. The Kier molecular flexibility index (Phi) is 3.99. The van der Waals surface area contributed by atoms with Crippen molar-refractivity contribution in [3.05, 3.63) is 0 Å². The van der Waals surface area contributed by atoms with Crippen LogP contribution in [0.4, 0.5) is 0 Å². The van der Waals surface area contributed by atoms with E-state index in [1.54, 1.807) is 11.6 Å². The Morgan fingerprint density at radius 1 is 1.86 bits per heavy atom. The highest BCUT2D eigenvalue weighted by Gasteiger charge is 1.91. The molecule has 0 fully saturated rings. The van der Waals surface area contributed by atoms with E-state index in [0.29, 0.717) is 0 Å². The number of carboxylic acids is 1. The van der Waals surface area contributed by atoms with Crippen molar-refractivity contribution in [2.75, 3.05) is 5.75 Å². The van der Waals surface area contributed by atoms with Crippen LogP contribution < -0.4 is 0 Å². The molecule has 2 nitrogen and oxygen atoms in total. The number of hydrogen-bond donors (Lipinski definition) is 1. The lowest BCUT2D eigenvalue weighted by Crippen LogP contribution is -1.94. The minimum absolute atomic E-state index is 0.279. The second-order valence-corrected chi connectivity index (χ2v) is 2.12. The first kappa shape index (κ1) is 6.88. The summed E-state index contributed by atoms with van der Waals surface area (Å²) in [6.07, 6.45) is 0.279. The van der Waals surface area contributed by atoms with Gasteiger partial charge in [-0.3, -0.25) is 4.79 Å². The van der Waals surface area contributed by atoms with Gasteiger partial charge in [0.15, 0.2) is 7.12 Å². The van der Waals surface area contributed by atoms with Crippen molar-refractivity contribution in [1.82, 2.24) is 0 Å². The summed E-state index contributed by atoms with van der Waals surface area (Å²) >= 11 is 1.55. The van der Waals surface area contributed by atoms with Gasteiger partial charge in [0.05, 0.1) is 6.42 Å². The summed E-state index contributed by atoms with van der Waals surface area (Å²) in [6.45, 7) is 0. The molecule has 0 rings (SSSR count). The molecule has 0 spiro atoms. The van der Waals surface area contributed by atoms with E-state index in [1.165, 1.54) is 0 Å². The molecule has 0 aromatic heterocycles. The van der Waals surface area contributed by atoms with E-state index >= 15 is 0 Å². The maximum absolute atomic E-state index is 9.74. The van der Waals surface area contributed by atoms with Gasteiger partial charge in [-0.1, -0.05) is 0 Å². The van der Waals surface area contributed by atoms with E-state index in [9.17, 15) is 4.79 Å². The zero-order valence-electron chi connectivity index (χ0n) is 4.18. The standard InChI is InChI=1S/C3H7BO2S/c4-7-2-1-3(5)6/h1-2,4H2,(H,5,6). The summed E-state index contributed by atoms with van der Waals surface area (Å²) in [7, 11) is 1.89. The molecule has 0 saturated heterocycles. The number of aliphatic carboxylic acids is 1. The van der Waals surface area contributed by atoms with Crippen LogP contribution in [0.1, 0.15) is 6.42 Å². The fourth-order valence-electron chi connectivity index (χ4n) is 0.189. The number of rotatable bonds is 3. The highest BCUT2D eigenvalue weighted by molar-refractivity contribution is 8.19. The molecular weight excluding hydrogens is 111 g/mol. The molecular formula is C3H7BO2S. The van der Waals surface area contributed by atoms with Crippen LogP contribution in [0.2, 0.25) is 0 Å². The van der Waals surface area contributed by atoms with Gasteiger partial charge in [-0.15, -0.1) is 0 Å². The molecule has 0 amide bonds. The van der Waals surface area contributed by atoms with E-state index < -0.39 is 5.97 Å². The fraction of sp³-hybridized carbons (Fsp3) is 0.667. The molecule has 1 N–H and O–H groups in total. The lowest BCUT2D eigenvalue weighted by molar-refractivity contribution is -0.136. The number of hydrogen-bond acceptors (Lipinski definition) is 2. The topological polar surface area (TPSA) is 37.3 Å². The molecule has 0 unspecified atom stereocenters. The minimum Gasteiger partial charge on any atom is -0.481 e. The van der Waals surface area contributed by atoms with Crippen LogP contribution in [-0.4, -0.2) is 24.0 Å². The molecule has 0 atom stereocenters. The Labute approximate surface area is 47.6 Å². The van der Waals surface area contributed by atoms with Crippen molar-refractivity contribution < 1.29 is 9.90 Å². The van der Waals surface area contributed by atoms with Crippen LogP contribution in [0.25, 0.3) is 0 Å². The Hall–Kier alpha value is -0.115. The van der Waals surface area contributed by atoms with Crippen molar-refractivity contribution in [2.45, 2.75) is 6.42 Å². The van der Waals surface area contributed by atoms with Crippen LogP contribution in [0.3, 0.4) is 0 Å². The zero-order chi connectivity index (χ0) is 5.70. The van der Waals surface area contributed by atoms with Gasteiger partial charge >= 0.3 is 5.97 Å². The summed E-state index contributed by atoms with van der Waals surface area (Å²) in [4.78, 5) is 9.74. The van der Waals surface area contributed by atoms with Crippen LogP contribution in [0, 0.1) is 0 Å². The summed E-state index contributed by atoms with van der Waals surface area (Å²) in [5.74, 6) is 0.00403. The fourth-order valence-corrected chi connectivity index (χ4v) is 0.568. The Morgan fingerprint density at radius 3 is 2.57 bits per heavy atom. The quantitative estimate of drug-likeness (QED) is 0.519. The molecule has 0 saturated carbocycles. The Morgan fingerprint density at radius 2 is 2.43 bits per heavy atom. The second-order valence-electron chi connectivity index (χ2n) is 1.14. The van der Waals surface area contributed by atoms with Gasteiger partial charge in [0.1, 0.15) is 0 Å². The highest BCUT2D eigenvalue weighted by Crippen LogP contribution is 1.92. The van der Waals surface area contributed by atoms with Crippen LogP contribution >= 0.6 is 11.6 Å². The average Bonchev–Trinajstić information content (AvgIpc) is 1.61. The predicted molar refractivity (Wildman–Crippen MR) is 33.3 cm³/mol. The van der Waals surface area contributed by atoms with Crippen LogP contribution in [0.5, 0.6) is 0 Å². The van der Waals surface area contributed by atoms with Gasteiger partial charge in [0.25, 0.3) is 0 Å². The molecule has 0 aliphatic heterocycles. The zero-order valence-corrected chi connectivity index (χ0v) is 4.99. The Bertz CT molecular complexity index is 66.0. The van der Waals surface area contributed by atoms with Crippen molar-refractivity contribution in [3.8, 4) is 0 Å². The number of carboxylic acid groups (broad SMARTS) is 1. The lowest BCUT2D eigenvalue weighted by Gasteiger charge is -1.86. The third-order valence-corrected chi connectivity index (χ3v) is 1.13. The van der Waals surface area contributed by atoms with Gasteiger partial charge in [-0.2, -0.15) is 0 Å². The maximum Gasteiger partial charge on any atom is 0.304 e. The third-order valence-electron chi connectivity index (χ3n) is 0.520. The second kappa shape index (κ2) is 4.05. The molecule has 40 valence electrons. The van der Waals surface area contributed by atoms with E-state index in [1.807, 2.05) is 7.12 Å². The molecule has 0 heterocycles. The largest absolute Gasteiger partial charge is 0.481 e. The third kappa shape index (κ3) is 5.88. The number of carbonyl (C=O) groups is 1. The molecule has 7 heavy (non-hydrogen) atoms. The molecule has 4 heteroatoms. The van der Waals surface area contributed by atoms with Crippen molar-refractivity contribution in [1.29, 1.82) is 0 Å². The molecule has 0 aromatic rings. The van der Waals surface area contributed by atoms with Gasteiger partial charge in [-0.25, -0.2) is 11.6 Å². The predicted octanol–water partition coefficient (Wildman–Crippen LogP) is -0.258. The first-order chi connectivity index (χ1) is 3.27. The Balaban J connectivity index is 2.82. The molecule has 0 aliphatic rings. The van der Waals surface area contributed by atoms with E-state index in [2.05, 4.69) is 0 Å². The van der Waals surface area contributed by atoms with E-state index in [-0.39, 0.29) is 6.42 Å². The van der Waals surface area contributed by atoms with Gasteiger partial charge in [0.2, 0.25) is 0 Å². The van der Waals surface area contributed by atoms with E-state index in [4.69, 9.17) is 5.11 Å². The lowest BCUT2D eigenvalue weighted by atomic mass is 10.5. The van der Waals surface area contributed by atoms with Crippen molar-refractivity contribution in [3.63, 3.8) is 0 Å². The summed E-state index contributed by atoms with van der Waals surface area (Å²) < 4.78 is 0. The summed E-state index contributed by atoms with van der Waals surface area (Å²) in [5.41, 5.74) is 0. The summed E-state index contributed by atoms with van der Waals surface area (Å²) in [6, 6.07) is 0. The molecule has 0 bridgehead atoms. The smallest absolute Gasteiger partial charge is 0.304 e. The molecule has 0 aromatic carbocycles. The van der Waals surface area contributed by atoms with Crippen LogP contribution in [0.15, 0.2) is 0 Å². The SMILES string of the molecule is BSCCC(=O)O. The van der Waals surface area contributed by atoms with Gasteiger partial charge in [0, 0.05) is 0 Å². The highest BCUT2D eigenvalue weighted by atomic mass is 32.2. The van der Waals surface area contributed by atoms with Crippen LogP contribution in [-0.2, 0) is 4.79 Å². The monoisotopic (exact) mass is 118 g/mol. The molecule has 0 radical (unpaired) electrons. The summed E-state index contributed by atoms with van der Waals surface area (Å²) in [5, 5.41) is 8.03. The van der Waals surface area contributed by atoms with E-state index in [0.717, 1.165) is 5.75 Å². The maximum atomic E-state index is 9.74. The average molecular weight is 118 g/mol. The van der Waals surface area contributed by atoms with Gasteiger partial charge in [-0.05, 0) is 5.75 Å². The van der Waals surface area contributed by atoms with Crippen molar-refractivity contribution in [2.24, 2.45) is 0 Å². The first-order valence-corrected chi connectivity index (χ1v) is 3.37.